The highest BCUT2D eigenvalue weighted by atomic mass is 16.2. The number of hydrogen-bond acceptors (Lipinski definition) is 1. The number of hydrogen-bond donors (Lipinski definition) is 1. The van der Waals surface area contributed by atoms with E-state index in [2.05, 4.69) is 13.8 Å². The topological polar surface area (TPSA) is 20.2 Å². The maximum absolute atomic E-state index is 8.62. The van der Waals surface area contributed by atoms with Crippen molar-refractivity contribution in [3.8, 4) is 0 Å². The summed E-state index contributed by atoms with van der Waals surface area (Å²) >= 11 is 0. The van der Waals surface area contributed by atoms with Crippen LogP contribution in [0.25, 0.3) is 0 Å². The largest absolute Gasteiger partial charge is 0.396 e. The molecule has 0 rings (SSSR count). The van der Waals surface area contributed by atoms with Gasteiger partial charge in [-0.3, -0.25) is 0 Å². The summed E-state index contributed by atoms with van der Waals surface area (Å²) in [5, 5.41) is 8.62. The average molecular weight is 214 g/mol. The summed E-state index contributed by atoms with van der Waals surface area (Å²) < 4.78 is 0. The minimum atomic E-state index is 0.370. The molecule has 0 aromatic rings. The highest BCUT2D eigenvalue weighted by Gasteiger charge is 2.01. The smallest absolute Gasteiger partial charge is 0.0431 e. The Kier molecular flexibility index (Phi) is 12.0. The monoisotopic (exact) mass is 214 g/mol. The van der Waals surface area contributed by atoms with E-state index >= 15 is 0 Å². The van der Waals surface area contributed by atoms with Gasteiger partial charge in [0, 0.05) is 6.61 Å². The number of aliphatic hydroxyl groups is 1. The highest BCUT2D eigenvalue weighted by molar-refractivity contribution is 4.55. The van der Waals surface area contributed by atoms with Crippen molar-refractivity contribution in [3.05, 3.63) is 0 Å². The molecule has 1 nitrogen and oxygen atoms in total. The zero-order chi connectivity index (χ0) is 11.4. The maximum atomic E-state index is 8.62. The summed E-state index contributed by atoms with van der Waals surface area (Å²) in [4.78, 5) is 0. The fourth-order valence-electron chi connectivity index (χ4n) is 2.13. The lowest BCUT2D eigenvalue weighted by Gasteiger charge is -2.11. The number of aliphatic hydroxyl groups excluding tert-OH is 1. The molecule has 92 valence electrons. The lowest BCUT2D eigenvalue weighted by Crippen LogP contribution is -1.96. The molecule has 0 spiro atoms. The maximum Gasteiger partial charge on any atom is 0.0431 e. The molecule has 0 aliphatic carbocycles. The Morgan fingerprint density at radius 1 is 0.733 bits per heavy atom. The van der Waals surface area contributed by atoms with Crippen molar-refractivity contribution < 1.29 is 5.11 Å². The Hall–Kier alpha value is -0.0400. The predicted octanol–water partition coefficient (Wildman–Crippen LogP) is 4.54. The van der Waals surface area contributed by atoms with Gasteiger partial charge in [0.25, 0.3) is 0 Å². The van der Waals surface area contributed by atoms with E-state index in [4.69, 9.17) is 5.11 Å². The molecule has 1 heteroatoms. The lowest BCUT2D eigenvalue weighted by atomic mass is 9.95. The van der Waals surface area contributed by atoms with Crippen molar-refractivity contribution in [3.63, 3.8) is 0 Å². The molecule has 0 saturated heterocycles. The van der Waals surface area contributed by atoms with Gasteiger partial charge in [-0.15, -0.1) is 0 Å². The van der Waals surface area contributed by atoms with Crippen LogP contribution in [0.4, 0.5) is 0 Å². The fourth-order valence-corrected chi connectivity index (χ4v) is 2.13. The molecule has 0 aliphatic rings. The van der Waals surface area contributed by atoms with Crippen LogP contribution in [-0.2, 0) is 0 Å². The van der Waals surface area contributed by atoms with E-state index in [0.29, 0.717) is 6.61 Å². The van der Waals surface area contributed by atoms with Crippen LogP contribution in [0.1, 0.15) is 78.1 Å². The third-order valence-corrected chi connectivity index (χ3v) is 3.43. The first-order chi connectivity index (χ1) is 7.35. The van der Waals surface area contributed by atoms with Gasteiger partial charge in [-0.05, 0) is 12.3 Å². The molecule has 0 atom stereocenters. The van der Waals surface area contributed by atoms with Crippen molar-refractivity contribution in [1.29, 1.82) is 0 Å². The van der Waals surface area contributed by atoms with E-state index < -0.39 is 0 Å². The molecule has 0 aromatic carbocycles. The minimum absolute atomic E-state index is 0.370. The van der Waals surface area contributed by atoms with Crippen LogP contribution in [-0.4, -0.2) is 11.7 Å². The van der Waals surface area contributed by atoms with E-state index in [-0.39, 0.29) is 0 Å². The van der Waals surface area contributed by atoms with Gasteiger partial charge in [-0.2, -0.15) is 0 Å². The van der Waals surface area contributed by atoms with Crippen LogP contribution in [0.5, 0.6) is 0 Å². The van der Waals surface area contributed by atoms with Gasteiger partial charge in [0.15, 0.2) is 0 Å². The summed E-state index contributed by atoms with van der Waals surface area (Å²) in [6, 6.07) is 0. The SMILES string of the molecule is CCC(CC)CCCCCCCCCO. The fraction of sp³-hybridized carbons (Fsp3) is 1.00. The summed E-state index contributed by atoms with van der Waals surface area (Å²) in [5.74, 6) is 0.972. The Morgan fingerprint density at radius 3 is 1.67 bits per heavy atom. The second-order valence-electron chi connectivity index (χ2n) is 4.67. The van der Waals surface area contributed by atoms with Gasteiger partial charge in [0.1, 0.15) is 0 Å². The van der Waals surface area contributed by atoms with Gasteiger partial charge < -0.3 is 5.11 Å². The molecule has 15 heavy (non-hydrogen) atoms. The van der Waals surface area contributed by atoms with Crippen molar-refractivity contribution in [1.82, 2.24) is 0 Å². The van der Waals surface area contributed by atoms with E-state index in [0.717, 1.165) is 12.3 Å². The second kappa shape index (κ2) is 12.0. The van der Waals surface area contributed by atoms with E-state index in [9.17, 15) is 0 Å². The second-order valence-corrected chi connectivity index (χ2v) is 4.67. The van der Waals surface area contributed by atoms with Crippen molar-refractivity contribution in [2.75, 3.05) is 6.61 Å². The zero-order valence-corrected chi connectivity index (χ0v) is 10.8. The first kappa shape index (κ1) is 15.0. The van der Waals surface area contributed by atoms with Gasteiger partial charge >= 0.3 is 0 Å². The molecule has 0 bridgehead atoms. The Morgan fingerprint density at radius 2 is 1.20 bits per heavy atom. The van der Waals surface area contributed by atoms with Gasteiger partial charge in [-0.25, -0.2) is 0 Å². The molecule has 1 N–H and O–H groups in total. The molecular weight excluding hydrogens is 184 g/mol. The number of rotatable bonds is 11. The molecule has 0 fully saturated rings. The molecule has 0 saturated carbocycles. The van der Waals surface area contributed by atoms with Crippen LogP contribution in [0, 0.1) is 5.92 Å². The summed E-state index contributed by atoms with van der Waals surface area (Å²) in [6.45, 7) is 4.99. The Labute approximate surface area is 96.3 Å². The third-order valence-electron chi connectivity index (χ3n) is 3.43. The highest BCUT2D eigenvalue weighted by Crippen LogP contribution is 2.17. The van der Waals surface area contributed by atoms with Gasteiger partial charge in [-0.1, -0.05) is 71.6 Å². The Bertz CT molecular complexity index is 108. The van der Waals surface area contributed by atoms with Crippen LogP contribution in [0.2, 0.25) is 0 Å². The Balaban J connectivity index is 3.04. The van der Waals surface area contributed by atoms with E-state index in [1.165, 1.54) is 57.8 Å². The molecule has 0 aliphatic heterocycles. The molecule has 0 amide bonds. The predicted molar refractivity (Wildman–Crippen MR) is 68.1 cm³/mol. The van der Waals surface area contributed by atoms with Crippen LogP contribution < -0.4 is 0 Å². The minimum Gasteiger partial charge on any atom is -0.396 e. The molecular formula is C14H30O. The van der Waals surface area contributed by atoms with Gasteiger partial charge in [0.05, 0.1) is 0 Å². The third kappa shape index (κ3) is 10.2. The lowest BCUT2D eigenvalue weighted by molar-refractivity contribution is 0.282. The van der Waals surface area contributed by atoms with E-state index in [1.807, 2.05) is 0 Å². The average Bonchev–Trinajstić information content (AvgIpc) is 2.27. The van der Waals surface area contributed by atoms with Crippen LogP contribution in [0.3, 0.4) is 0 Å². The van der Waals surface area contributed by atoms with Crippen molar-refractivity contribution in [2.45, 2.75) is 78.1 Å². The summed E-state index contributed by atoms with van der Waals surface area (Å²) in [5.41, 5.74) is 0. The van der Waals surface area contributed by atoms with Crippen LogP contribution in [0.15, 0.2) is 0 Å². The summed E-state index contributed by atoms with van der Waals surface area (Å²) in [6.07, 6.45) is 13.3. The summed E-state index contributed by atoms with van der Waals surface area (Å²) in [7, 11) is 0. The molecule has 0 unspecified atom stereocenters. The zero-order valence-electron chi connectivity index (χ0n) is 10.8. The van der Waals surface area contributed by atoms with Crippen LogP contribution >= 0.6 is 0 Å². The van der Waals surface area contributed by atoms with Crippen molar-refractivity contribution in [2.24, 2.45) is 5.92 Å². The van der Waals surface area contributed by atoms with E-state index in [1.54, 1.807) is 0 Å². The van der Waals surface area contributed by atoms with Gasteiger partial charge in [0.2, 0.25) is 0 Å². The quantitative estimate of drug-likeness (QED) is 0.501. The molecule has 0 heterocycles. The molecule has 0 aromatic heterocycles. The first-order valence-corrected chi connectivity index (χ1v) is 6.96. The first-order valence-electron chi connectivity index (χ1n) is 6.96. The van der Waals surface area contributed by atoms with Crippen molar-refractivity contribution >= 4 is 0 Å². The standard InChI is InChI=1S/C14H30O/c1-3-14(4-2)12-10-8-6-5-7-9-11-13-15/h14-15H,3-13H2,1-2H3. The number of unbranched alkanes of at least 4 members (excludes halogenated alkanes) is 6. The molecule has 0 radical (unpaired) electrons. The normalized spacial score (nSPS) is 11.2.